The summed E-state index contributed by atoms with van der Waals surface area (Å²) < 4.78 is 11.8. The minimum Gasteiger partial charge on any atom is -0.507 e. The Morgan fingerprint density at radius 1 is 1.00 bits per heavy atom. The fraction of sp³-hybridized carbons (Fsp3) is 0.185. The van der Waals surface area contributed by atoms with Crippen molar-refractivity contribution >= 4 is 44.8 Å². The zero-order valence-electron chi connectivity index (χ0n) is 19.4. The number of hydrogen-bond donors (Lipinski definition) is 1. The van der Waals surface area contributed by atoms with Gasteiger partial charge in [-0.2, -0.15) is 0 Å². The summed E-state index contributed by atoms with van der Waals surface area (Å²) >= 11 is 3.46. The second-order valence-electron chi connectivity index (χ2n) is 8.66. The van der Waals surface area contributed by atoms with Gasteiger partial charge in [0.1, 0.15) is 5.76 Å². The van der Waals surface area contributed by atoms with Gasteiger partial charge in [0, 0.05) is 41.6 Å². The van der Waals surface area contributed by atoms with Gasteiger partial charge < -0.3 is 19.5 Å². The number of rotatable bonds is 4. The molecule has 1 N–H and O–H groups in total. The van der Waals surface area contributed by atoms with Crippen LogP contribution in [0.3, 0.4) is 0 Å². The van der Waals surface area contributed by atoms with Crippen LogP contribution in [0.2, 0.25) is 0 Å². The average molecular weight is 535 g/mol. The van der Waals surface area contributed by atoms with E-state index < -0.39 is 17.7 Å². The molecule has 1 fully saturated rings. The number of carbonyl (C=O) groups excluding carboxylic acids is 2. The molecule has 7 nitrogen and oxygen atoms in total. The van der Waals surface area contributed by atoms with Crippen molar-refractivity contribution in [2.75, 3.05) is 30.7 Å². The SMILES string of the molecule is Cc1cc(/C(O)=C2\C(=O)C(=O)N(c3ccc4c(c3)OCO4)C2c2ccc(N(C)C)cc2)ccc1Br. The third-order valence-electron chi connectivity index (χ3n) is 6.24. The summed E-state index contributed by atoms with van der Waals surface area (Å²) in [6.45, 7) is 1.99. The first-order valence-corrected chi connectivity index (χ1v) is 11.8. The Labute approximate surface area is 211 Å². The van der Waals surface area contributed by atoms with Crippen LogP contribution in [0, 0.1) is 6.92 Å². The first-order chi connectivity index (χ1) is 16.8. The lowest BCUT2D eigenvalue weighted by Crippen LogP contribution is -2.29. The zero-order chi connectivity index (χ0) is 24.9. The van der Waals surface area contributed by atoms with E-state index in [2.05, 4.69) is 15.9 Å². The number of hydrogen-bond acceptors (Lipinski definition) is 6. The highest BCUT2D eigenvalue weighted by Gasteiger charge is 2.47. The second-order valence-corrected chi connectivity index (χ2v) is 9.51. The van der Waals surface area contributed by atoms with Gasteiger partial charge in [0.15, 0.2) is 11.5 Å². The summed E-state index contributed by atoms with van der Waals surface area (Å²) in [6.07, 6.45) is 0. The van der Waals surface area contributed by atoms with Crippen LogP contribution < -0.4 is 19.3 Å². The number of Topliss-reactive ketones (excluding diaryl/α,β-unsaturated/α-hetero) is 1. The molecule has 2 heterocycles. The van der Waals surface area contributed by atoms with Crippen molar-refractivity contribution in [2.24, 2.45) is 0 Å². The van der Waals surface area contributed by atoms with Gasteiger partial charge in [-0.15, -0.1) is 0 Å². The van der Waals surface area contributed by atoms with Crippen LogP contribution in [0.25, 0.3) is 5.76 Å². The summed E-state index contributed by atoms with van der Waals surface area (Å²) in [6, 6.07) is 17.1. The Morgan fingerprint density at radius 2 is 1.71 bits per heavy atom. The monoisotopic (exact) mass is 534 g/mol. The van der Waals surface area contributed by atoms with Gasteiger partial charge in [-0.05, 0) is 54.4 Å². The third kappa shape index (κ3) is 3.93. The van der Waals surface area contributed by atoms with Crippen LogP contribution >= 0.6 is 15.9 Å². The lowest BCUT2D eigenvalue weighted by atomic mass is 9.94. The van der Waals surface area contributed by atoms with E-state index in [4.69, 9.17) is 9.47 Å². The Bertz CT molecular complexity index is 1380. The molecule has 3 aromatic rings. The molecule has 1 atom stereocenters. The van der Waals surface area contributed by atoms with Crippen LogP contribution in [0.5, 0.6) is 11.5 Å². The standard InChI is InChI=1S/C27H23BrN2O5/c1-15-12-17(6-10-20(15)28)25(31)23-24(16-4-7-18(8-5-16)29(2)3)30(27(33)26(23)32)19-9-11-21-22(13-19)35-14-34-21/h4-13,24,31H,14H2,1-3H3/b25-23+. The highest BCUT2D eigenvalue weighted by atomic mass is 79.9. The number of nitrogens with zero attached hydrogens (tertiary/aromatic N) is 2. The molecule has 5 rings (SSSR count). The molecule has 1 unspecified atom stereocenters. The van der Waals surface area contributed by atoms with E-state index >= 15 is 0 Å². The minimum atomic E-state index is -0.824. The summed E-state index contributed by atoms with van der Waals surface area (Å²) in [5, 5.41) is 11.3. The summed E-state index contributed by atoms with van der Waals surface area (Å²) in [5.74, 6) is -0.621. The normalized spacial score (nSPS) is 18.3. The fourth-order valence-electron chi connectivity index (χ4n) is 4.35. The highest BCUT2D eigenvalue weighted by molar-refractivity contribution is 9.10. The van der Waals surface area contributed by atoms with Gasteiger partial charge in [0.25, 0.3) is 11.7 Å². The average Bonchev–Trinajstić information content (AvgIpc) is 3.42. The van der Waals surface area contributed by atoms with Crippen LogP contribution in [-0.2, 0) is 9.59 Å². The number of halogens is 1. The van der Waals surface area contributed by atoms with E-state index in [9.17, 15) is 14.7 Å². The number of benzene rings is 3. The van der Waals surface area contributed by atoms with E-state index in [0.717, 1.165) is 15.7 Å². The molecule has 3 aromatic carbocycles. The molecule has 2 aliphatic heterocycles. The van der Waals surface area contributed by atoms with Crippen molar-refractivity contribution in [2.45, 2.75) is 13.0 Å². The smallest absolute Gasteiger partial charge is 0.300 e. The molecule has 0 radical (unpaired) electrons. The van der Waals surface area contributed by atoms with Crippen LogP contribution in [0.1, 0.15) is 22.7 Å². The van der Waals surface area contributed by atoms with E-state index in [-0.39, 0.29) is 18.1 Å². The van der Waals surface area contributed by atoms with Crippen LogP contribution in [-0.4, -0.2) is 37.7 Å². The van der Waals surface area contributed by atoms with Crippen molar-refractivity contribution in [3.05, 3.63) is 87.4 Å². The van der Waals surface area contributed by atoms with Gasteiger partial charge in [-0.25, -0.2) is 0 Å². The zero-order valence-corrected chi connectivity index (χ0v) is 21.0. The topological polar surface area (TPSA) is 79.3 Å². The van der Waals surface area contributed by atoms with Gasteiger partial charge in [-0.3, -0.25) is 14.5 Å². The first-order valence-electron chi connectivity index (χ1n) is 11.0. The van der Waals surface area contributed by atoms with Crippen molar-refractivity contribution in [1.82, 2.24) is 0 Å². The molecule has 8 heteroatoms. The number of ether oxygens (including phenoxy) is 2. The fourth-order valence-corrected chi connectivity index (χ4v) is 4.60. The number of aliphatic hydroxyl groups is 1. The first kappa shape index (κ1) is 23.0. The maximum Gasteiger partial charge on any atom is 0.300 e. The molecule has 2 aliphatic rings. The Morgan fingerprint density at radius 3 is 2.40 bits per heavy atom. The van der Waals surface area contributed by atoms with E-state index in [0.29, 0.717) is 28.3 Å². The Balaban J connectivity index is 1.70. The van der Waals surface area contributed by atoms with Crippen molar-refractivity contribution < 1.29 is 24.2 Å². The molecular weight excluding hydrogens is 512 g/mol. The molecule has 0 saturated carbocycles. The van der Waals surface area contributed by atoms with Crippen LogP contribution in [0.4, 0.5) is 11.4 Å². The number of aliphatic hydroxyl groups excluding tert-OH is 1. The van der Waals surface area contributed by atoms with Crippen molar-refractivity contribution in [3.8, 4) is 11.5 Å². The quantitative estimate of drug-likeness (QED) is 0.282. The number of carbonyl (C=O) groups is 2. The van der Waals surface area contributed by atoms with Gasteiger partial charge in [0.05, 0.1) is 11.6 Å². The number of amides is 1. The molecular formula is C27H23BrN2O5. The molecule has 178 valence electrons. The Kier molecular flexibility index (Phi) is 5.76. The molecule has 0 spiro atoms. The maximum absolute atomic E-state index is 13.4. The largest absolute Gasteiger partial charge is 0.507 e. The molecule has 35 heavy (non-hydrogen) atoms. The van der Waals surface area contributed by atoms with Gasteiger partial charge >= 0.3 is 0 Å². The highest BCUT2D eigenvalue weighted by Crippen LogP contribution is 2.45. The summed E-state index contributed by atoms with van der Waals surface area (Å²) in [5.41, 5.74) is 3.53. The Hall–Kier alpha value is -3.78. The van der Waals surface area contributed by atoms with Gasteiger partial charge in [0.2, 0.25) is 6.79 Å². The van der Waals surface area contributed by atoms with E-state index in [1.807, 2.05) is 50.2 Å². The van der Waals surface area contributed by atoms with Crippen LogP contribution in [0.15, 0.2) is 70.7 Å². The summed E-state index contributed by atoms with van der Waals surface area (Å²) in [7, 11) is 3.87. The van der Waals surface area contributed by atoms with Crippen molar-refractivity contribution in [3.63, 3.8) is 0 Å². The number of fused-ring (bicyclic) bond motifs is 1. The lowest BCUT2D eigenvalue weighted by molar-refractivity contribution is -0.132. The molecule has 1 saturated heterocycles. The van der Waals surface area contributed by atoms with E-state index in [1.165, 1.54) is 4.90 Å². The predicted octanol–water partition coefficient (Wildman–Crippen LogP) is 5.18. The molecule has 0 aliphatic carbocycles. The number of anilines is 2. The van der Waals surface area contributed by atoms with Gasteiger partial charge in [-0.1, -0.05) is 34.1 Å². The molecule has 0 bridgehead atoms. The third-order valence-corrected chi connectivity index (χ3v) is 7.13. The molecule has 0 aromatic heterocycles. The minimum absolute atomic E-state index is 0.0343. The maximum atomic E-state index is 13.4. The predicted molar refractivity (Wildman–Crippen MR) is 137 cm³/mol. The lowest BCUT2D eigenvalue weighted by Gasteiger charge is -2.26. The second kappa shape index (κ2) is 8.78. The van der Waals surface area contributed by atoms with E-state index in [1.54, 1.807) is 36.4 Å². The van der Waals surface area contributed by atoms with Crippen molar-refractivity contribution in [1.29, 1.82) is 0 Å². The summed E-state index contributed by atoms with van der Waals surface area (Å²) in [4.78, 5) is 30.1. The number of ketones is 1. The number of aryl methyl sites for hydroxylation is 1. The molecule has 1 amide bonds.